The third-order valence-electron chi connectivity index (χ3n) is 3.36. The summed E-state index contributed by atoms with van der Waals surface area (Å²) in [6.07, 6.45) is 2.65. The van der Waals surface area contributed by atoms with E-state index in [1.165, 1.54) is 24.7 Å². The van der Waals surface area contributed by atoms with E-state index in [0.717, 1.165) is 5.56 Å². The van der Waals surface area contributed by atoms with Gasteiger partial charge in [0, 0.05) is 17.8 Å². The van der Waals surface area contributed by atoms with E-state index in [0.29, 0.717) is 5.69 Å². The highest BCUT2D eigenvalue weighted by molar-refractivity contribution is 6.03. The first-order valence-electron chi connectivity index (χ1n) is 7.17. The molecule has 8 heteroatoms. The molecule has 8 nitrogen and oxygen atoms in total. The first-order chi connectivity index (χ1) is 11.6. The highest BCUT2D eigenvalue weighted by atomic mass is 16.5. The van der Waals surface area contributed by atoms with E-state index in [9.17, 15) is 9.59 Å². The van der Waals surface area contributed by atoms with E-state index >= 15 is 0 Å². The number of para-hydroxylation sites is 1. The third kappa shape index (κ3) is 3.32. The van der Waals surface area contributed by atoms with Crippen LogP contribution in [0.4, 0.5) is 5.69 Å². The van der Waals surface area contributed by atoms with Crippen molar-refractivity contribution in [3.05, 3.63) is 65.9 Å². The molecular weight excluding hydrogens is 312 g/mol. The average Bonchev–Trinajstić information content (AvgIpc) is 3.28. The Morgan fingerprint density at radius 1 is 0.958 bits per heavy atom. The van der Waals surface area contributed by atoms with E-state index in [4.69, 9.17) is 0 Å². The van der Waals surface area contributed by atoms with Gasteiger partial charge in [-0.15, -0.1) is 0 Å². The quantitative estimate of drug-likeness (QED) is 0.745. The van der Waals surface area contributed by atoms with Crippen LogP contribution in [0.25, 0.3) is 0 Å². The number of rotatable bonds is 5. The Bertz CT molecular complexity index is 828. The number of nitrogens with one attached hydrogen (secondary N) is 2. The Labute approximate surface area is 136 Å². The van der Waals surface area contributed by atoms with Crippen LogP contribution in [0, 0.1) is 0 Å². The molecule has 0 aliphatic rings. The second kappa shape index (κ2) is 6.78. The maximum absolute atomic E-state index is 12.1. The van der Waals surface area contributed by atoms with Crippen molar-refractivity contribution < 1.29 is 18.6 Å². The van der Waals surface area contributed by atoms with E-state index < -0.39 is 5.91 Å². The molecule has 24 heavy (non-hydrogen) atoms. The van der Waals surface area contributed by atoms with Crippen molar-refractivity contribution in [3.8, 4) is 0 Å². The van der Waals surface area contributed by atoms with Gasteiger partial charge in [-0.2, -0.15) is 0 Å². The number of nitrogens with zero attached hydrogens (tertiary/aromatic N) is 2. The zero-order valence-electron chi connectivity index (χ0n) is 12.7. The summed E-state index contributed by atoms with van der Waals surface area (Å²) in [6, 6.07) is 9.74. The molecule has 0 saturated carbocycles. The molecule has 3 rings (SSSR count). The largest absolute Gasteiger partial charge is 0.364 e. The summed E-state index contributed by atoms with van der Waals surface area (Å²) in [5.74, 6) is -0.764. The fourth-order valence-corrected chi connectivity index (χ4v) is 2.18. The van der Waals surface area contributed by atoms with E-state index in [2.05, 4.69) is 30.0 Å². The van der Waals surface area contributed by atoms with Crippen molar-refractivity contribution in [2.45, 2.75) is 13.0 Å². The van der Waals surface area contributed by atoms with Crippen molar-refractivity contribution in [1.82, 2.24) is 15.6 Å². The van der Waals surface area contributed by atoms with Gasteiger partial charge in [0.25, 0.3) is 11.8 Å². The lowest BCUT2D eigenvalue weighted by molar-refractivity contribution is 0.0930. The van der Waals surface area contributed by atoms with Gasteiger partial charge in [0.2, 0.25) is 0 Å². The second-order valence-electron chi connectivity index (χ2n) is 5.01. The molecule has 3 aromatic rings. The molecule has 1 aromatic carbocycles. The minimum Gasteiger partial charge on any atom is -0.364 e. The summed E-state index contributed by atoms with van der Waals surface area (Å²) < 4.78 is 9.32. The number of carbonyl (C=O) groups excluding carboxylic acids is 2. The van der Waals surface area contributed by atoms with Crippen molar-refractivity contribution in [2.24, 2.45) is 0 Å². The molecule has 2 heterocycles. The van der Waals surface area contributed by atoms with Crippen molar-refractivity contribution in [3.63, 3.8) is 0 Å². The average molecular weight is 326 g/mol. The van der Waals surface area contributed by atoms with Crippen molar-refractivity contribution in [2.75, 3.05) is 5.32 Å². The number of carbonyl (C=O) groups is 2. The lowest BCUT2D eigenvalue weighted by Crippen LogP contribution is -2.27. The molecule has 0 unspecified atom stereocenters. The number of anilines is 1. The molecule has 0 saturated heterocycles. The van der Waals surface area contributed by atoms with Crippen LogP contribution < -0.4 is 10.6 Å². The number of benzene rings is 1. The molecule has 1 atom stereocenters. The van der Waals surface area contributed by atoms with E-state index in [-0.39, 0.29) is 23.3 Å². The molecule has 2 amide bonds. The van der Waals surface area contributed by atoms with Crippen LogP contribution in [-0.4, -0.2) is 22.1 Å². The zero-order chi connectivity index (χ0) is 16.9. The lowest BCUT2D eigenvalue weighted by atomic mass is 10.1. The normalized spacial score (nSPS) is 11.7. The van der Waals surface area contributed by atoms with Gasteiger partial charge in [0.15, 0.2) is 11.4 Å². The summed E-state index contributed by atoms with van der Waals surface area (Å²) in [4.78, 5) is 24.2. The van der Waals surface area contributed by atoms with Crippen LogP contribution in [0.5, 0.6) is 0 Å². The van der Waals surface area contributed by atoms with Crippen LogP contribution in [0.2, 0.25) is 0 Å². The summed E-state index contributed by atoms with van der Waals surface area (Å²) in [5, 5.41) is 12.7. The fourth-order valence-electron chi connectivity index (χ4n) is 2.18. The highest BCUT2D eigenvalue weighted by Crippen LogP contribution is 2.23. The van der Waals surface area contributed by atoms with Crippen LogP contribution in [0.1, 0.15) is 39.5 Å². The van der Waals surface area contributed by atoms with Gasteiger partial charge < -0.3 is 19.7 Å². The monoisotopic (exact) mass is 326 g/mol. The Morgan fingerprint density at radius 2 is 1.58 bits per heavy atom. The Hall–Kier alpha value is -3.42. The summed E-state index contributed by atoms with van der Waals surface area (Å²) >= 11 is 0. The van der Waals surface area contributed by atoms with Crippen molar-refractivity contribution in [1.29, 1.82) is 0 Å². The maximum atomic E-state index is 12.1. The van der Waals surface area contributed by atoms with Gasteiger partial charge in [-0.3, -0.25) is 9.59 Å². The molecular formula is C16H14N4O4. The topological polar surface area (TPSA) is 110 Å². The smallest absolute Gasteiger partial charge is 0.277 e. The maximum Gasteiger partial charge on any atom is 0.277 e. The van der Waals surface area contributed by atoms with E-state index in [1.54, 1.807) is 19.1 Å². The Balaban J connectivity index is 1.76. The predicted octanol–water partition coefficient (Wildman–Crippen LogP) is 2.41. The van der Waals surface area contributed by atoms with Gasteiger partial charge in [0.05, 0.1) is 6.04 Å². The molecule has 0 fully saturated rings. The summed E-state index contributed by atoms with van der Waals surface area (Å²) in [6.45, 7) is 1.80. The SMILES string of the molecule is C[C@@H](NC(=O)c1ccon1)c1ccccc1NC(=O)c1ccon1. The standard InChI is InChI=1S/C16H14N4O4/c1-10(17-15(21)13-6-8-23-19-13)11-4-2-3-5-12(11)18-16(22)14-7-9-24-20-14/h2-10H,1H3,(H,17,21)(H,18,22)/t10-/m1/s1. The van der Waals surface area contributed by atoms with Gasteiger partial charge in [-0.05, 0) is 18.6 Å². The fraction of sp³-hybridized carbons (Fsp3) is 0.125. The van der Waals surface area contributed by atoms with Crippen molar-refractivity contribution >= 4 is 17.5 Å². The molecule has 0 aliphatic heterocycles. The van der Waals surface area contributed by atoms with Crippen LogP contribution in [-0.2, 0) is 0 Å². The molecule has 0 radical (unpaired) electrons. The number of hydrogen-bond donors (Lipinski definition) is 2. The van der Waals surface area contributed by atoms with Crippen LogP contribution in [0.3, 0.4) is 0 Å². The first-order valence-corrected chi connectivity index (χ1v) is 7.17. The molecule has 0 spiro atoms. The molecule has 0 aliphatic carbocycles. The first kappa shape index (κ1) is 15.5. The van der Waals surface area contributed by atoms with Crippen LogP contribution >= 0.6 is 0 Å². The molecule has 122 valence electrons. The van der Waals surface area contributed by atoms with Gasteiger partial charge >= 0.3 is 0 Å². The molecule has 2 aromatic heterocycles. The molecule has 2 N–H and O–H groups in total. The number of hydrogen-bond acceptors (Lipinski definition) is 6. The predicted molar refractivity (Wildman–Crippen MR) is 83.3 cm³/mol. The number of amides is 2. The van der Waals surface area contributed by atoms with E-state index in [1.807, 2.05) is 12.1 Å². The van der Waals surface area contributed by atoms with Crippen LogP contribution in [0.15, 0.2) is 58.0 Å². The second-order valence-corrected chi connectivity index (χ2v) is 5.01. The lowest BCUT2D eigenvalue weighted by Gasteiger charge is -2.17. The Morgan fingerprint density at radius 3 is 2.21 bits per heavy atom. The number of aromatic nitrogens is 2. The minimum absolute atomic E-state index is 0.170. The minimum atomic E-state index is -0.397. The summed E-state index contributed by atoms with van der Waals surface area (Å²) in [5.41, 5.74) is 1.67. The third-order valence-corrected chi connectivity index (χ3v) is 3.36. The molecule has 0 bridgehead atoms. The van der Waals surface area contributed by atoms with Gasteiger partial charge in [-0.1, -0.05) is 28.5 Å². The van der Waals surface area contributed by atoms with Gasteiger partial charge in [0.1, 0.15) is 12.5 Å². The highest BCUT2D eigenvalue weighted by Gasteiger charge is 2.18. The Kier molecular flexibility index (Phi) is 4.37. The summed E-state index contributed by atoms with van der Waals surface area (Å²) in [7, 11) is 0. The zero-order valence-corrected chi connectivity index (χ0v) is 12.7. The van der Waals surface area contributed by atoms with Gasteiger partial charge in [-0.25, -0.2) is 0 Å².